The lowest BCUT2D eigenvalue weighted by Crippen LogP contribution is -2.38. The smallest absolute Gasteiger partial charge is 0.414 e. The lowest BCUT2D eigenvalue weighted by Gasteiger charge is -2.26. The van der Waals surface area contributed by atoms with E-state index in [2.05, 4.69) is 5.32 Å². The second kappa shape index (κ2) is 7.97. The molecule has 0 bridgehead atoms. The Morgan fingerprint density at radius 3 is 2.31 bits per heavy atom. The summed E-state index contributed by atoms with van der Waals surface area (Å²) in [5.74, 6) is -0.626. The van der Waals surface area contributed by atoms with Gasteiger partial charge in [0.05, 0.1) is 29.5 Å². The number of methoxy groups -OCH3 is 1. The van der Waals surface area contributed by atoms with Crippen LogP contribution in [-0.2, 0) is 21.4 Å². The quantitative estimate of drug-likeness (QED) is 0.727. The highest BCUT2D eigenvalue weighted by Crippen LogP contribution is 2.46. The van der Waals surface area contributed by atoms with Crippen molar-refractivity contribution in [1.29, 1.82) is 0 Å². The Balaban J connectivity index is 1.57. The predicted octanol–water partition coefficient (Wildman–Crippen LogP) is 4.19. The number of carbonyl (C=O) groups excluding carboxylic acids is 3. The van der Waals surface area contributed by atoms with E-state index in [1.807, 2.05) is 45.0 Å². The summed E-state index contributed by atoms with van der Waals surface area (Å²) in [4.78, 5) is 39.4. The highest BCUT2D eigenvalue weighted by molar-refractivity contribution is 6.05. The van der Waals surface area contributed by atoms with Crippen LogP contribution >= 0.6 is 0 Å². The van der Waals surface area contributed by atoms with E-state index in [9.17, 15) is 14.4 Å². The second-order valence-corrected chi connectivity index (χ2v) is 9.30. The predicted molar refractivity (Wildman–Crippen MR) is 120 cm³/mol. The molecule has 1 aliphatic heterocycles. The molecule has 0 atom stereocenters. The highest BCUT2D eigenvalue weighted by atomic mass is 16.6. The molecular weight excluding hydrogens is 408 g/mol. The zero-order valence-electron chi connectivity index (χ0n) is 18.9. The van der Waals surface area contributed by atoms with Crippen LogP contribution in [-0.4, -0.2) is 37.2 Å². The molecule has 1 heterocycles. The van der Waals surface area contributed by atoms with E-state index in [0.717, 1.165) is 24.0 Å². The summed E-state index contributed by atoms with van der Waals surface area (Å²) < 4.78 is 10.3. The number of hydrogen-bond acceptors (Lipinski definition) is 5. The third kappa shape index (κ3) is 4.20. The maximum absolute atomic E-state index is 13.3. The molecule has 0 saturated heterocycles. The van der Waals surface area contributed by atoms with E-state index in [-0.39, 0.29) is 5.91 Å². The largest absolute Gasteiger partial charge is 0.465 e. The summed E-state index contributed by atoms with van der Waals surface area (Å²) in [6.45, 7) is 5.95. The molecule has 2 amide bonds. The van der Waals surface area contributed by atoms with Crippen molar-refractivity contribution in [2.75, 3.05) is 18.6 Å². The lowest BCUT2D eigenvalue weighted by molar-refractivity contribution is 0.0579. The van der Waals surface area contributed by atoms with Gasteiger partial charge in [0.1, 0.15) is 5.60 Å². The second-order valence-electron chi connectivity index (χ2n) is 9.30. The SMILES string of the molecule is COC(=O)c1ccc(C2(NC(=O)c3cccc4c3N(C(=O)OC(C)(C)C)CC4)CC2)cc1. The summed E-state index contributed by atoms with van der Waals surface area (Å²) >= 11 is 0. The van der Waals surface area contributed by atoms with Gasteiger partial charge in [-0.3, -0.25) is 9.69 Å². The summed E-state index contributed by atoms with van der Waals surface area (Å²) in [5, 5.41) is 3.17. The first-order chi connectivity index (χ1) is 15.1. The number of anilines is 1. The van der Waals surface area contributed by atoms with E-state index in [1.165, 1.54) is 7.11 Å². The number of esters is 1. The van der Waals surface area contributed by atoms with Crippen LogP contribution in [0.1, 0.15) is 65.5 Å². The van der Waals surface area contributed by atoms with Gasteiger partial charge in [0.15, 0.2) is 0 Å². The Morgan fingerprint density at radius 2 is 1.72 bits per heavy atom. The van der Waals surface area contributed by atoms with Crippen LogP contribution in [0.25, 0.3) is 0 Å². The molecule has 2 aromatic rings. The fourth-order valence-corrected chi connectivity index (χ4v) is 4.08. The zero-order chi connectivity index (χ0) is 23.1. The molecule has 0 aromatic heterocycles. The molecule has 7 nitrogen and oxygen atoms in total. The van der Waals surface area contributed by atoms with Gasteiger partial charge < -0.3 is 14.8 Å². The Kier molecular flexibility index (Phi) is 5.44. The molecule has 1 fully saturated rings. The maximum atomic E-state index is 13.3. The Morgan fingerprint density at radius 1 is 1.03 bits per heavy atom. The minimum Gasteiger partial charge on any atom is -0.465 e. The summed E-state index contributed by atoms with van der Waals surface area (Å²) in [7, 11) is 1.34. The third-order valence-electron chi connectivity index (χ3n) is 5.81. The Labute approximate surface area is 187 Å². The molecular formula is C25H28N2O5. The zero-order valence-corrected chi connectivity index (χ0v) is 18.9. The van der Waals surface area contributed by atoms with Gasteiger partial charge in [-0.1, -0.05) is 24.3 Å². The van der Waals surface area contributed by atoms with Crippen LogP contribution in [0.3, 0.4) is 0 Å². The van der Waals surface area contributed by atoms with E-state index >= 15 is 0 Å². The van der Waals surface area contributed by atoms with Crippen molar-refractivity contribution < 1.29 is 23.9 Å². The fourth-order valence-electron chi connectivity index (χ4n) is 4.08. The summed E-state index contributed by atoms with van der Waals surface area (Å²) in [6.07, 6.45) is 1.84. The fraction of sp³-hybridized carbons (Fsp3) is 0.400. The number of amides is 2. The number of nitrogens with one attached hydrogen (secondary N) is 1. The van der Waals surface area contributed by atoms with Gasteiger partial charge in [-0.05, 0) is 69.4 Å². The van der Waals surface area contributed by atoms with Crippen molar-refractivity contribution in [3.63, 3.8) is 0 Å². The van der Waals surface area contributed by atoms with Gasteiger partial charge in [0.2, 0.25) is 0 Å². The molecule has 2 aliphatic rings. The molecule has 4 rings (SSSR count). The number of nitrogens with zero attached hydrogens (tertiary/aromatic N) is 1. The molecule has 0 spiro atoms. The van der Waals surface area contributed by atoms with E-state index < -0.39 is 23.2 Å². The van der Waals surface area contributed by atoms with E-state index in [1.54, 1.807) is 23.1 Å². The molecule has 168 valence electrons. The minimum absolute atomic E-state index is 0.230. The van der Waals surface area contributed by atoms with Crippen molar-refractivity contribution in [2.45, 2.75) is 51.2 Å². The third-order valence-corrected chi connectivity index (χ3v) is 5.81. The first kappa shape index (κ1) is 21.9. The normalized spacial score (nSPS) is 16.2. The van der Waals surface area contributed by atoms with Crippen molar-refractivity contribution in [1.82, 2.24) is 5.32 Å². The van der Waals surface area contributed by atoms with Crippen LogP contribution in [0.5, 0.6) is 0 Å². The van der Waals surface area contributed by atoms with Gasteiger partial charge in [0, 0.05) is 6.54 Å². The number of ether oxygens (including phenoxy) is 2. The number of hydrogen-bond donors (Lipinski definition) is 1. The highest BCUT2D eigenvalue weighted by Gasteiger charge is 2.46. The van der Waals surface area contributed by atoms with Gasteiger partial charge in [-0.15, -0.1) is 0 Å². The first-order valence-corrected chi connectivity index (χ1v) is 10.8. The molecule has 32 heavy (non-hydrogen) atoms. The van der Waals surface area contributed by atoms with Crippen molar-refractivity contribution in [3.05, 3.63) is 64.7 Å². The first-order valence-electron chi connectivity index (χ1n) is 10.8. The van der Waals surface area contributed by atoms with E-state index in [0.29, 0.717) is 29.8 Å². The van der Waals surface area contributed by atoms with Crippen LogP contribution in [0.2, 0.25) is 0 Å². The number of para-hydroxylation sites is 1. The molecule has 2 aromatic carbocycles. The summed E-state index contributed by atoms with van der Waals surface area (Å²) in [5.41, 5.74) is 2.35. The van der Waals surface area contributed by atoms with Crippen LogP contribution < -0.4 is 10.2 Å². The maximum Gasteiger partial charge on any atom is 0.414 e. The number of carbonyl (C=O) groups is 3. The number of benzene rings is 2. The van der Waals surface area contributed by atoms with Gasteiger partial charge in [0.25, 0.3) is 5.91 Å². The van der Waals surface area contributed by atoms with Crippen LogP contribution in [0, 0.1) is 0 Å². The Bertz CT molecular complexity index is 1060. The monoisotopic (exact) mass is 436 g/mol. The molecule has 0 radical (unpaired) electrons. The lowest BCUT2D eigenvalue weighted by atomic mass is 10.0. The molecule has 7 heteroatoms. The van der Waals surface area contributed by atoms with Gasteiger partial charge in [-0.2, -0.15) is 0 Å². The number of fused-ring (bicyclic) bond motifs is 1. The van der Waals surface area contributed by atoms with Crippen molar-refractivity contribution >= 4 is 23.7 Å². The molecule has 1 saturated carbocycles. The standard InChI is InChI=1S/C25H28N2O5/c1-24(2,3)32-23(30)27-15-12-16-6-5-7-19(20(16)27)21(28)26-25(13-14-25)18-10-8-17(9-11-18)22(29)31-4/h5-11H,12-15H2,1-4H3,(H,26,28). The average molecular weight is 437 g/mol. The van der Waals surface area contributed by atoms with Gasteiger partial charge in [-0.25, -0.2) is 9.59 Å². The van der Waals surface area contributed by atoms with Crippen molar-refractivity contribution in [3.8, 4) is 0 Å². The number of rotatable bonds is 4. The Hall–Kier alpha value is -3.35. The van der Waals surface area contributed by atoms with Crippen LogP contribution in [0.4, 0.5) is 10.5 Å². The molecule has 0 unspecified atom stereocenters. The summed E-state index contributed by atoms with van der Waals surface area (Å²) in [6, 6.07) is 12.6. The van der Waals surface area contributed by atoms with Crippen molar-refractivity contribution in [2.24, 2.45) is 0 Å². The van der Waals surface area contributed by atoms with E-state index in [4.69, 9.17) is 9.47 Å². The average Bonchev–Trinajstić information content (AvgIpc) is 3.39. The molecule has 1 N–H and O–H groups in total. The van der Waals surface area contributed by atoms with Crippen LogP contribution in [0.15, 0.2) is 42.5 Å². The topological polar surface area (TPSA) is 84.9 Å². The molecule has 1 aliphatic carbocycles. The minimum atomic E-state index is -0.620. The van der Waals surface area contributed by atoms with Gasteiger partial charge >= 0.3 is 12.1 Å².